The molecule has 9 heteroatoms. The summed E-state index contributed by atoms with van der Waals surface area (Å²) in [4.78, 5) is 4.00. The summed E-state index contributed by atoms with van der Waals surface area (Å²) in [5, 5.41) is 12.7. The van der Waals surface area contributed by atoms with Crippen molar-refractivity contribution in [1.29, 1.82) is 0 Å². The number of hydrogen-bond acceptors (Lipinski definition) is 5. The third-order valence-electron chi connectivity index (χ3n) is 2.43. The molecular weight excluding hydrogens is 256 g/mol. The smallest absolute Gasteiger partial charge is 0.257 e. The Labute approximate surface area is 104 Å². The molecule has 2 heterocycles. The number of aryl methyl sites for hydroxylation is 2. The molecule has 0 bridgehead atoms. The van der Waals surface area contributed by atoms with E-state index in [-0.39, 0.29) is 5.03 Å². The standard InChI is InChI=1S/C9H14N6O2S/c1-3-8-11-9(18(10,16)17)6-15(8)5-7-4-14(2)13-12-7/h4,6H,3,5H2,1-2H3,(H2,10,16,17). The minimum atomic E-state index is -3.77. The van der Waals surface area contributed by atoms with Crippen molar-refractivity contribution in [1.82, 2.24) is 24.5 Å². The molecular formula is C9H14N6O2S. The lowest BCUT2D eigenvalue weighted by molar-refractivity contribution is 0.594. The highest BCUT2D eigenvalue weighted by Gasteiger charge is 2.16. The lowest BCUT2D eigenvalue weighted by Crippen LogP contribution is -2.12. The van der Waals surface area contributed by atoms with E-state index in [2.05, 4.69) is 15.3 Å². The summed E-state index contributed by atoms with van der Waals surface area (Å²) < 4.78 is 25.8. The van der Waals surface area contributed by atoms with Gasteiger partial charge in [0, 0.05) is 25.9 Å². The van der Waals surface area contributed by atoms with Crippen molar-refractivity contribution in [3.8, 4) is 0 Å². The fourth-order valence-electron chi connectivity index (χ4n) is 1.63. The minimum absolute atomic E-state index is 0.122. The Kier molecular flexibility index (Phi) is 3.18. The number of hydrogen-bond donors (Lipinski definition) is 1. The van der Waals surface area contributed by atoms with Crippen LogP contribution in [0.25, 0.3) is 0 Å². The molecule has 2 aromatic rings. The van der Waals surface area contributed by atoms with Gasteiger partial charge in [0.1, 0.15) is 11.5 Å². The first-order valence-electron chi connectivity index (χ1n) is 5.34. The van der Waals surface area contributed by atoms with E-state index >= 15 is 0 Å². The van der Waals surface area contributed by atoms with Crippen LogP contribution in [-0.4, -0.2) is 33.0 Å². The SMILES string of the molecule is CCc1nc(S(N)(=O)=O)cn1Cc1cn(C)nn1. The van der Waals surface area contributed by atoms with Crippen molar-refractivity contribution < 1.29 is 8.42 Å². The van der Waals surface area contributed by atoms with Crippen LogP contribution in [0.15, 0.2) is 17.4 Å². The van der Waals surface area contributed by atoms with Crippen LogP contribution in [0.3, 0.4) is 0 Å². The molecule has 0 spiro atoms. The average Bonchev–Trinajstić information content (AvgIpc) is 2.85. The summed E-state index contributed by atoms with van der Waals surface area (Å²) in [6.45, 7) is 2.31. The molecule has 0 radical (unpaired) electrons. The number of rotatable bonds is 4. The van der Waals surface area contributed by atoms with Crippen LogP contribution >= 0.6 is 0 Å². The highest BCUT2D eigenvalue weighted by atomic mass is 32.2. The van der Waals surface area contributed by atoms with E-state index in [1.165, 1.54) is 6.20 Å². The Hall–Kier alpha value is -1.74. The average molecular weight is 270 g/mol. The van der Waals surface area contributed by atoms with Crippen LogP contribution < -0.4 is 5.14 Å². The van der Waals surface area contributed by atoms with E-state index in [1.54, 1.807) is 22.5 Å². The molecule has 0 aliphatic rings. The molecule has 0 saturated heterocycles. The Morgan fingerprint density at radius 1 is 1.39 bits per heavy atom. The lowest BCUT2D eigenvalue weighted by Gasteiger charge is -2.02. The molecule has 0 atom stereocenters. The highest BCUT2D eigenvalue weighted by Crippen LogP contribution is 2.10. The zero-order valence-corrected chi connectivity index (χ0v) is 10.9. The van der Waals surface area contributed by atoms with Crippen LogP contribution in [0.5, 0.6) is 0 Å². The van der Waals surface area contributed by atoms with Crippen LogP contribution in [0, 0.1) is 0 Å². The van der Waals surface area contributed by atoms with Gasteiger partial charge in [-0.3, -0.25) is 4.68 Å². The number of nitrogens with zero attached hydrogens (tertiary/aromatic N) is 5. The Morgan fingerprint density at radius 3 is 2.61 bits per heavy atom. The lowest BCUT2D eigenvalue weighted by atomic mass is 10.4. The van der Waals surface area contributed by atoms with Gasteiger partial charge in [0.05, 0.1) is 6.54 Å². The largest absolute Gasteiger partial charge is 0.327 e. The number of primary sulfonamides is 1. The van der Waals surface area contributed by atoms with E-state index < -0.39 is 10.0 Å². The third-order valence-corrected chi connectivity index (χ3v) is 3.21. The Morgan fingerprint density at radius 2 is 2.11 bits per heavy atom. The van der Waals surface area contributed by atoms with Crippen LogP contribution in [0.1, 0.15) is 18.4 Å². The summed E-state index contributed by atoms with van der Waals surface area (Å²) in [7, 11) is -2.01. The molecule has 0 aromatic carbocycles. The van der Waals surface area contributed by atoms with E-state index in [1.807, 2.05) is 6.92 Å². The Balaban J connectivity index is 2.35. The summed E-state index contributed by atoms with van der Waals surface area (Å²) in [6.07, 6.45) is 3.79. The fourth-order valence-corrected chi connectivity index (χ4v) is 2.13. The van der Waals surface area contributed by atoms with E-state index in [0.717, 1.165) is 5.69 Å². The molecule has 98 valence electrons. The molecule has 0 aliphatic carbocycles. The van der Waals surface area contributed by atoms with Crippen molar-refractivity contribution in [2.45, 2.75) is 24.9 Å². The second-order valence-corrected chi connectivity index (χ2v) is 5.41. The summed E-state index contributed by atoms with van der Waals surface area (Å²) >= 11 is 0. The maximum absolute atomic E-state index is 11.2. The van der Waals surface area contributed by atoms with Crippen molar-refractivity contribution in [3.05, 3.63) is 23.9 Å². The highest BCUT2D eigenvalue weighted by molar-refractivity contribution is 7.89. The molecule has 8 nitrogen and oxygen atoms in total. The maximum atomic E-state index is 11.2. The zero-order valence-electron chi connectivity index (χ0n) is 10.1. The summed E-state index contributed by atoms with van der Waals surface area (Å²) in [5.74, 6) is 0.643. The van der Waals surface area contributed by atoms with Gasteiger partial charge in [-0.25, -0.2) is 18.5 Å². The predicted molar refractivity (Wildman–Crippen MR) is 63.1 cm³/mol. The van der Waals surface area contributed by atoms with Crippen molar-refractivity contribution in [3.63, 3.8) is 0 Å². The number of aromatic nitrogens is 5. The van der Waals surface area contributed by atoms with Gasteiger partial charge in [-0.05, 0) is 0 Å². The van der Waals surface area contributed by atoms with E-state index in [0.29, 0.717) is 18.8 Å². The molecule has 0 fully saturated rings. The van der Waals surface area contributed by atoms with Gasteiger partial charge in [0.25, 0.3) is 10.0 Å². The van der Waals surface area contributed by atoms with Gasteiger partial charge in [-0.1, -0.05) is 12.1 Å². The zero-order chi connectivity index (χ0) is 13.3. The monoisotopic (exact) mass is 270 g/mol. The Bertz CT molecular complexity index is 656. The van der Waals surface area contributed by atoms with Crippen molar-refractivity contribution in [2.24, 2.45) is 12.2 Å². The molecule has 2 N–H and O–H groups in total. The van der Waals surface area contributed by atoms with E-state index in [4.69, 9.17) is 5.14 Å². The first-order chi connectivity index (χ1) is 8.40. The third kappa shape index (κ3) is 2.57. The normalized spacial score (nSPS) is 11.9. The van der Waals surface area contributed by atoms with Crippen LogP contribution in [-0.2, 0) is 30.0 Å². The first kappa shape index (κ1) is 12.7. The quantitative estimate of drug-likeness (QED) is 0.787. The molecule has 2 aromatic heterocycles. The molecule has 18 heavy (non-hydrogen) atoms. The molecule has 0 unspecified atom stereocenters. The number of nitrogens with two attached hydrogens (primary N) is 1. The minimum Gasteiger partial charge on any atom is -0.327 e. The summed E-state index contributed by atoms with van der Waals surface area (Å²) in [6, 6.07) is 0. The maximum Gasteiger partial charge on any atom is 0.257 e. The second-order valence-electron chi connectivity index (χ2n) is 3.91. The van der Waals surface area contributed by atoms with Gasteiger partial charge in [-0.15, -0.1) is 5.10 Å². The second kappa shape index (κ2) is 4.50. The van der Waals surface area contributed by atoms with Crippen molar-refractivity contribution in [2.75, 3.05) is 0 Å². The molecule has 0 aliphatic heterocycles. The summed E-state index contributed by atoms with van der Waals surface area (Å²) in [5.41, 5.74) is 0.727. The predicted octanol–water partition coefficient (Wildman–Crippen LogP) is -0.730. The van der Waals surface area contributed by atoms with Crippen molar-refractivity contribution >= 4 is 10.0 Å². The first-order valence-corrected chi connectivity index (χ1v) is 6.89. The number of sulfonamides is 1. The van der Waals surface area contributed by atoms with E-state index in [9.17, 15) is 8.42 Å². The van der Waals surface area contributed by atoms with Crippen LogP contribution in [0.4, 0.5) is 0 Å². The van der Waals surface area contributed by atoms with Crippen LogP contribution in [0.2, 0.25) is 0 Å². The van der Waals surface area contributed by atoms with Gasteiger partial charge in [0.2, 0.25) is 0 Å². The molecule has 2 rings (SSSR count). The molecule has 0 saturated carbocycles. The topological polar surface area (TPSA) is 109 Å². The molecule has 0 amide bonds. The fraction of sp³-hybridized carbons (Fsp3) is 0.444. The van der Waals surface area contributed by atoms with Gasteiger partial charge < -0.3 is 4.57 Å². The van der Waals surface area contributed by atoms with Gasteiger partial charge in [-0.2, -0.15) is 0 Å². The number of imidazole rings is 1. The van der Waals surface area contributed by atoms with Gasteiger partial charge in [0.15, 0.2) is 5.03 Å². The van der Waals surface area contributed by atoms with Gasteiger partial charge >= 0.3 is 0 Å².